The van der Waals surface area contributed by atoms with Crippen molar-refractivity contribution < 1.29 is 19.2 Å². The van der Waals surface area contributed by atoms with Crippen LogP contribution in [0.25, 0.3) is 6.08 Å². The van der Waals surface area contributed by atoms with E-state index < -0.39 is 16.9 Å². The van der Waals surface area contributed by atoms with Crippen molar-refractivity contribution in [2.24, 2.45) is 4.99 Å². The first kappa shape index (κ1) is 30.1. The second kappa shape index (κ2) is 12.9. The highest BCUT2D eigenvalue weighted by Gasteiger charge is 2.34. The predicted octanol–water partition coefficient (Wildman–Crippen LogP) is 5.49. The lowest BCUT2D eigenvalue weighted by molar-refractivity contribution is -0.384. The van der Waals surface area contributed by atoms with Crippen LogP contribution in [0.1, 0.15) is 36.6 Å². The average molecular weight is 807 g/mol. The van der Waals surface area contributed by atoms with E-state index in [1.807, 2.05) is 42.5 Å². The molecular weight excluding hydrogens is 784 g/mol. The van der Waals surface area contributed by atoms with Crippen molar-refractivity contribution in [2.45, 2.75) is 26.5 Å². The largest absolute Gasteiger partial charge is 0.487 e. The molecule has 1 aliphatic rings. The van der Waals surface area contributed by atoms with Crippen LogP contribution in [0.2, 0.25) is 0 Å². The van der Waals surface area contributed by atoms with Gasteiger partial charge in [-0.05, 0) is 93.9 Å². The van der Waals surface area contributed by atoms with E-state index in [2.05, 4.69) is 50.2 Å². The molecule has 12 heteroatoms. The summed E-state index contributed by atoms with van der Waals surface area (Å²) in [5.41, 5.74) is 2.32. The Morgan fingerprint density at radius 3 is 2.50 bits per heavy atom. The molecule has 0 amide bonds. The molecular formula is C30H23I2N3O6S. The van der Waals surface area contributed by atoms with Crippen molar-refractivity contribution >= 4 is 74.3 Å². The van der Waals surface area contributed by atoms with Gasteiger partial charge in [-0.3, -0.25) is 19.5 Å². The van der Waals surface area contributed by atoms with E-state index in [0.717, 1.165) is 24.0 Å². The number of benzene rings is 3. The van der Waals surface area contributed by atoms with Crippen molar-refractivity contribution in [3.8, 4) is 5.75 Å². The number of halogens is 2. The maximum Gasteiger partial charge on any atom is 0.338 e. The number of thiazole rings is 1. The molecule has 0 saturated carbocycles. The van der Waals surface area contributed by atoms with Crippen LogP contribution in [0.4, 0.5) is 5.69 Å². The molecule has 2 heterocycles. The van der Waals surface area contributed by atoms with Gasteiger partial charge in [0.25, 0.3) is 11.2 Å². The van der Waals surface area contributed by atoms with Gasteiger partial charge in [0.1, 0.15) is 12.4 Å². The van der Waals surface area contributed by atoms with E-state index in [1.165, 1.54) is 34.1 Å². The Labute approximate surface area is 271 Å². The van der Waals surface area contributed by atoms with E-state index in [1.54, 1.807) is 26.0 Å². The van der Waals surface area contributed by atoms with Crippen molar-refractivity contribution in [1.82, 2.24) is 4.57 Å². The Morgan fingerprint density at radius 2 is 1.83 bits per heavy atom. The zero-order valence-electron chi connectivity index (χ0n) is 22.4. The molecule has 0 unspecified atom stereocenters. The van der Waals surface area contributed by atoms with E-state index in [0.29, 0.717) is 27.2 Å². The quantitative estimate of drug-likeness (QED) is 0.101. The fraction of sp³-hybridized carbons (Fsp3) is 0.167. The fourth-order valence-corrected chi connectivity index (χ4v) is 7.77. The van der Waals surface area contributed by atoms with Gasteiger partial charge in [-0.2, -0.15) is 0 Å². The van der Waals surface area contributed by atoms with Crippen molar-refractivity contribution in [2.75, 3.05) is 6.61 Å². The minimum absolute atomic E-state index is 0.129. The van der Waals surface area contributed by atoms with Crippen LogP contribution >= 0.6 is 56.5 Å². The molecule has 214 valence electrons. The highest BCUT2D eigenvalue weighted by Crippen LogP contribution is 2.33. The number of nitro groups is 1. The summed E-state index contributed by atoms with van der Waals surface area (Å²) in [6, 6.07) is 18.8. The van der Waals surface area contributed by atoms with Gasteiger partial charge >= 0.3 is 5.97 Å². The molecule has 0 fully saturated rings. The third kappa shape index (κ3) is 6.20. The summed E-state index contributed by atoms with van der Waals surface area (Å²) in [6.45, 7) is 3.92. The van der Waals surface area contributed by atoms with Gasteiger partial charge in [-0.1, -0.05) is 53.8 Å². The van der Waals surface area contributed by atoms with Crippen molar-refractivity contribution in [3.05, 3.63) is 132 Å². The van der Waals surface area contributed by atoms with E-state index in [-0.39, 0.29) is 23.4 Å². The van der Waals surface area contributed by atoms with Gasteiger partial charge in [0.15, 0.2) is 4.80 Å². The SMILES string of the molecule is CCOC(=O)C1=C(C)N=c2s/c(=C/c3cc(I)c(OCc4ccccc4)c(I)c3)c(=O)n2[C@H]1c1cccc([N+](=O)[O-])c1. The summed E-state index contributed by atoms with van der Waals surface area (Å²) in [4.78, 5) is 43.0. The Kier molecular flexibility index (Phi) is 9.22. The minimum Gasteiger partial charge on any atom is -0.487 e. The lowest BCUT2D eigenvalue weighted by atomic mass is 9.95. The first-order chi connectivity index (χ1) is 20.2. The monoisotopic (exact) mass is 807 g/mol. The standard InChI is InChI=1S/C30H23I2N3O6S/c1-3-40-29(37)25-17(2)33-30-34(26(25)20-10-7-11-21(15-20)35(38)39)28(36)24(42-30)14-19-12-22(31)27(23(32)13-19)41-16-18-8-5-4-6-9-18/h4-15,26H,3,16H2,1-2H3/b24-14+/t26-/m0/s1. The van der Waals surface area contributed by atoms with Gasteiger partial charge in [0.2, 0.25) is 0 Å². The second-order valence-corrected chi connectivity index (χ2v) is 12.6. The second-order valence-electron chi connectivity index (χ2n) is 9.24. The number of allylic oxidation sites excluding steroid dienone is 1. The normalized spacial score (nSPS) is 14.8. The summed E-state index contributed by atoms with van der Waals surface area (Å²) in [5, 5.41) is 11.5. The predicted molar refractivity (Wildman–Crippen MR) is 176 cm³/mol. The van der Waals surface area contributed by atoms with Crippen molar-refractivity contribution in [3.63, 3.8) is 0 Å². The number of nitrogens with zero attached hydrogens (tertiary/aromatic N) is 3. The molecule has 9 nitrogen and oxygen atoms in total. The summed E-state index contributed by atoms with van der Waals surface area (Å²) in [6.07, 6.45) is 1.78. The summed E-state index contributed by atoms with van der Waals surface area (Å²) >= 11 is 5.63. The first-order valence-corrected chi connectivity index (χ1v) is 15.7. The summed E-state index contributed by atoms with van der Waals surface area (Å²) < 4.78 is 15.0. The summed E-state index contributed by atoms with van der Waals surface area (Å²) in [5.74, 6) is 0.138. The Bertz CT molecular complexity index is 1890. The van der Waals surface area contributed by atoms with Crippen molar-refractivity contribution in [1.29, 1.82) is 0 Å². The van der Waals surface area contributed by atoms with Crippen LogP contribution < -0.4 is 19.6 Å². The number of ether oxygens (including phenoxy) is 2. The molecule has 1 atom stereocenters. The highest BCUT2D eigenvalue weighted by molar-refractivity contribution is 14.1. The number of non-ortho nitro benzene ring substituents is 1. The maximum absolute atomic E-state index is 13.9. The van der Waals surface area contributed by atoms with Gasteiger partial charge in [-0.25, -0.2) is 9.79 Å². The van der Waals surface area contributed by atoms with Crippen LogP contribution in [0, 0.1) is 17.3 Å². The van der Waals surface area contributed by atoms with Gasteiger partial charge in [-0.15, -0.1) is 0 Å². The molecule has 4 aromatic rings. The number of carbonyl (C=O) groups excluding carboxylic acids is 1. The molecule has 0 bridgehead atoms. The lowest BCUT2D eigenvalue weighted by Gasteiger charge is -2.24. The highest BCUT2D eigenvalue weighted by atomic mass is 127. The maximum atomic E-state index is 13.9. The number of fused-ring (bicyclic) bond motifs is 1. The number of aromatic nitrogens is 1. The number of nitro benzene ring substituents is 1. The topological polar surface area (TPSA) is 113 Å². The Hall–Kier alpha value is -3.37. The Balaban J connectivity index is 1.59. The van der Waals surface area contributed by atoms with E-state index in [4.69, 9.17) is 9.47 Å². The zero-order valence-corrected chi connectivity index (χ0v) is 27.5. The fourth-order valence-electron chi connectivity index (χ4n) is 4.60. The molecule has 0 saturated heterocycles. The van der Waals surface area contributed by atoms with Gasteiger partial charge < -0.3 is 9.47 Å². The average Bonchev–Trinajstić information content (AvgIpc) is 3.26. The number of esters is 1. The third-order valence-electron chi connectivity index (χ3n) is 6.46. The van der Waals surface area contributed by atoms with Gasteiger partial charge in [0, 0.05) is 12.1 Å². The van der Waals surface area contributed by atoms with Crippen LogP contribution in [0.3, 0.4) is 0 Å². The number of carbonyl (C=O) groups is 1. The van der Waals surface area contributed by atoms with E-state index >= 15 is 0 Å². The van der Waals surface area contributed by atoms with Crippen LogP contribution in [-0.2, 0) is 16.1 Å². The molecule has 1 aliphatic heterocycles. The minimum atomic E-state index is -0.934. The molecule has 0 aliphatic carbocycles. The number of rotatable bonds is 8. The molecule has 0 radical (unpaired) electrons. The smallest absolute Gasteiger partial charge is 0.338 e. The molecule has 3 aromatic carbocycles. The third-order valence-corrected chi connectivity index (χ3v) is 9.04. The first-order valence-electron chi connectivity index (χ1n) is 12.8. The molecule has 1 aromatic heterocycles. The lowest BCUT2D eigenvalue weighted by Crippen LogP contribution is -2.40. The van der Waals surface area contributed by atoms with Crippen LogP contribution in [0.15, 0.2) is 87.8 Å². The van der Waals surface area contributed by atoms with Crippen LogP contribution in [-0.4, -0.2) is 22.1 Å². The van der Waals surface area contributed by atoms with Gasteiger partial charge in [0.05, 0.1) is 40.5 Å². The number of hydrogen-bond acceptors (Lipinski definition) is 8. The molecule has 0 spiro atoms. The van der Waals surface area contributed by atoms with Crippen LogP contribution in [0.5, 0.6) is 5.75 Å². The van der Waals surface area contributed by atoms with E-state index in [9.17, 15) is 19.7 Å². The number of hydrogen-bond donors (Lipinski definition) is 0. The zero-order chi connectivity index (χ0) is 30.0. The molecule has 42 heavy (non-hydrogen) atoms. The summed E-state index contributed by atoms with van der Waals surface area (Å²) in [7, 11) is 0. The Morgan fingerprint density at radius 1 is 1.12 bits per heavy atom. The molecule has 0 N–H and O–H groups in total. The molecule has 5 rings (SSSR count).